The molecular weight excluding hydrogens is 158 g/mol. The van der Waals surface area contributed by atoms with Gasteiger partial charge < -0.3 is 4.90 Å². The minimum absolute atomic E-state index is 0.963. The molecule has 0 unspecified atom stereocenters. The van der Waals surface area contributed by atoms with Gasteiger partial charge in [0.2, 0.25) is 0 Å². The Morgan fingerprint density at radius 3 is 2.62 bits per heavy atom. The molecule has 1 nitrogen and oxygen atoms in total. The first-order chi connectivity index (χ1) is 6.45. The Labute approximate surface area is 81.1 Å². The van der Waals surface area contributed by atoms with E-state index >= 15 is 0 Å². The Morgan fingerprint density at radius 1 is 1.08 bits per heavy atom. The molecule has 0 aromatic carbocycles. The summed E-state index contributed by atoms with van der Waals surface area (Å²) in [4.78, 5) is 2.44. The van der Waals surface area contributed by atoms with E-state index in [0.29, 0.717) is 0 Å². The van der Waals surface area contributed by atoms with Gasteiger partial charge in [-0.3, -0.25) is 0 Å². The summed E-state index contributed by atoms with van der Waals surface area (Å²) in [5, 5.41) is 0. The lowest BCUT2D eigenvalue weighted by Crippen LogP contribution is -2.27. The van der Waals surface area contributed by atoms with Crippen LogP contribution in [0.5, 0.6) is 0 Å². The van der Waals surface area contributed by atoms with Gasteiger partial charge in [0, 0.05) is 13.1 Å². The van der Waals surface area contributed by atoms with Crippen LogP contribution in [0.2, 0.25) is 0 Å². The van der Waals surface area contributed by atoms with Crippen LogP contribution >= 0.6 is 0 Å². The minimum atomic E-state index is 0.963. The third kappa shape index (κ3) is 2.61. The van der Waals surface area contributed by atoms with E-state index in [0.717, 1.165) is 12.5 Å². The summed E-state index contributed by atoms with van der Waals surface area (Å²) in [6.45, 7) is 2.40. The Bertz CT molecular complexity index is 199. The lowest BCUT2D eigenvalue weighted by Gasteiger charge is -2.28. The predicted octanol–water partition coefficient (Wildman–Crippen LogP) is 2.95. The van der Waals surface area contributed by atoms with Crippen molar-refractivity contribution in [3.05, 3.63) is 24.4 Å². The second-order valence-corrected chi connectivity index (χ2v) is 4.23. The van der Waals surface area contributed by atoms with Crippen LogP contribution in [0.3, 0.4) is 0 Å². The molecule has 0 saturated heterocycles. The van der Waals surface area contributed by atoms with E-state index in [1.165, 1.54) is 38.6 Å². The highest BCUT2D eigenvalue weighted by molar-refractivity contribution is 5.08. The standard InChI is InChI=1S/C12H19N/c1-3-7-12(8-4-1)11-13-9-5-2-6-10-13/h2,5-6,9,12H,1,3-4,7-8,10-11H2. The first-order valence-corrected chi connectivity index (χ1v) is 5.52. The summed E-state index contributed by atoms with van der Waals surface area (Å²) in [5.74, 6) is 0.963. The van der Waals surface area contributed by atoms with Crippen molar-refractivity contribution in [2.45, 2.75) is 32.1 Å². The summed E-state index contributed by atoms with van der Waals surface area (Å²) in [6.07, 6.45) is 16.0. The van der Waals surface area contributed by atoms with Crippen molar-refractivity contribution in [1.29, 1.82) is 0 Å². The van der Waals surface area contributed by atoms with Crippen LogP contribution in [-0.4, -0.2) is 18.0 Å². The Hall–Kier alpha value is -0.720. The van der Waals surface area contributed by atoms with Crippen molar-refractivity contribution in [3.8, 4) is 0 Å². The van der Waals surface area contributed by atoms with Gasteiger partial charge in [-0.15, -0.1) is 0 Å². The average Bonchev–Trinajstić information content (AvgIpc) is 2.21. The molecule has 0 spiro atoms. The molecule has 0 radical (unpaired) electrons. The number of hydrogen-bond acceptors (Lipinski definition) is 1. The summed E-state index contributed by atoms with van der Waals surface area (Å²) < 4.78 is 0. The zero-order valence-electron chi connectivity index (χ0n) is 8.28. The first kappa shape index (κ1) is 8.86. The van der Waals surface area contributed by atoms with Gasteiger partial charge in [-0.1, -0.05) is 31.4 Å². The molecule has 0 atom stereocenters. The maximum atomic E-state index is 2.44. The largest absolute Gasteiger partial charge is 0.373 e. The molecule has 2 rings (SSSR count). The molecule has 13 heavy (non-hydrogen) atoms. The molecule has 1 aliphatic carbocycles. The van der Waals surface area contributed by atoms with E-state index in [1.807, 2.05) is 0 Å². The summed E-state index contributed by atoms with van der Waals surface area (Å²) in [6, 6.07) is 0. The van der Waals surface area contributed by atoms with Crippen LogP contribution < -0.4 is 0 Å². The van der Waals surface area contributed by atoms with Crippen molar-refractivity contribution in [3.63, 3.8) is 0 Å². The smallest absolute Gasteiger partial charge is 0.0357 e. The quantitative estimate of drug-likeness (QED) is 0.627. The van der Waals surface area contributed by atoms with Crippen molar-refractivity contribution < 1.29 is 0 Å². The topological polar surface area (TPSA) is 3.24 Å². The van der Waals surface area contributed by atoms with Crippen molar-refractivity contribution >= 4 is 0 Å². The third-order valence-corrected chi connectivity index (χ3v) is 3.10. The molecule has 0 aromatic heterocycles. The highest BCUT2D eigenvalue weighted by Gasteiger charge is 2.15. The lowest BCUT2D eigenvalue weighted by atomic mass is 9.89. The van der Waals surface area contributed by atoms with E-state index in [4.69, 9.17) is 0 Å². The predicted molar refractivity (Wildman–Crippen MR) is 56.4 cm³/mol. The first-order valence-electron chi connectivity index (χ1n) is 5.52. The second kappa shape index (κ2) is 4.50. The van der Waals surface area contributed by atoms with Gasteiger partial charge in [0.25, 0.3) is 0 Å². The highest BCUT2D eigenvalue weighted by atomic mass is 15.1. The molecule has 0 aromatic rings. The normalized spacial score (nSPS) is 23.8. The second-order valence-electron chi connectivity index (χ2n) is 4.23. The van der Waals surface area contributed by atoms with E-state index in [2.05, 4.69) is 29.3 Å². The molecule has 0 N–H and O–H groups in total. The molecule has 1 heteroatoms. The summed E-state index contributed by atoms with van der Waals surface area (Å²) >= 11 is 0. The number of hydrogen-bond donors (Lipinski definition) is 0. The molecular formula is C12H19N. The van der Waals surface area contributed by atoms with E-state index in [1.54, 1.807) is 0 Å². The van der Waals surface area contributed by atoms with Gasteiger partial charge in [0.05, 0.1) is 0 Å². The van der Waals surface area contributed by atoms with Gasteiger partial charge in [0.1, 0.15) is 0 Å². The zero-order chi connectivity index (χ0) is 8.93. The fourth-order valence-corrected chi connectivity index (χ4v) is 2.34. The Morgan fingerprint density at radius 2 is 1.92 bits per heavy atom. The van der Waals surface area contributed by atoms with Crippen LogP contribution in [0.15, 0.2) is 24.4 Å². The van der Waals surface area contributed by atoms with Crippen LogP contribution in [0, 0.1) is 5.92 Å². The summed E-state index contributed by atoms with van der Waals surface area (Å²) in [5.41, 5.74) is 0. The maximum absolute atomic E-state index is 2.44. The average molecular weight is 177 g/mol. The van der Waals surface area contributed by atoms with Gasteiger partial charge >= 0.3 is 0 Å². The van der Waals surface area contributed by atoms with E-state index < -0.39 is 0 Å². The monoisotopic (exact) mass is 177 g/mol. The Kier molecular flexibility index (Phi) is 3.07. The van der Waals surface area contributed by atoms with E-state index in [9.17, 15) is 0 Å². The van der Waals surface area contributed by atoms with Crippen LogP contribution in [0.25, 0.3) is 0 Å². The van der Waals surface area contributed by atoms with Crippen LogP contribution in [-0.2, 0) is 0 Å². The fourth-order valence-electron chi connectivity index (χ4n) is 2.34. The molecule has 72 valence electrons. The zero-order valence-corrected chi connectivity index (χ0v) is 8.28. The molecule has 2 aliphatic rings. The molecule has 0 bridgehead atoms. The van der Waals surface area contributed by atoms with Gasteiger partial charge in [0.15, 0.2) is 0 Å². The van der Waals surface area contributed by atoms with Gasteiger partial charge in [-0.2, -0.15) is 0 Å². The van der Waals surface area contributed by atoms with Gasteiger partial charge in [-0.25, -0.2) is 0 Å². The summed E-state index contributed by atoms with van der Waals surface area (Å²) in [7, 11) is 0. The molecule has 1 aliphatic heterocycles. The third-order valence-electron chi connectivity index (χ3n) is 3.10. The minimum Gasteiger partial charge on any atom is -0.373 e. The lowest BCUT2D eigenvalue weighted by molar-refractivity contribution is 0.267. The molecule has 0 amide bonds. The van der Waals surface area contributed by atoms with Crippen LogP contribution in [0.1, 0.15) is 32.1 Å². The SMILES string of the molecule is C1=CCN(CC2CCCCC2)C=C1. The molecule has 1 fully saturated rings. The van der Waals surface area contributed by atoms with Gasteiger partial charge in [-0.05, 0) is 31.0 Å². The molecule has 1 heterocycles. The highest BCUT2D eigenvalue weighted by Crippen LogP contribution is 2.24. The van der Waals surface area contributed by atoms with Crippen molar-refractivity contribution in [2.75, 3.05) is 13.1 Å². The number of allylic oxidation sites excluding steroid dienone is 2. The number of nitrogens with zero attached hydrogens (tertiary/aromatic N) is 1. The Balaban J connectivity index is 1.76. The van der Waals surface area contributed by atoms with Crippen LogP contribution in [0.4, 0.5) is 0 Å². The van der Waals surface area contributed by atoms with Crippen molar-refractivity contribution in [2.24, 2.45) is 5.92 Å². The van der Waals surface area contributed by atoms with Crippen molar-refractivity contribution in [1.82, 2.24) is 4.90 Å². The molecule has 1 saturated carbocycles. The van der Waals surface area contributed by atoms with E-state index in [-0.39, 0.29) is 0 Å². The maximum Gasteiger partial charge on any atom is 0.0357 e. The fraction of sp³-hybridized carbons (Fsp3) is 0.667. The number of rotatable bonds is 2.